The first-order valence-corrected chi connectivity index (χ1v) is 9.37. The largest absolute Gasteiger partial charge is 0.496 e. The van der Waals surface area contributed by atoms with Gasteiger partial charge >= 0.3 is 0 Å². The number of amides is 1. The summed E-state index contributed by atoms with van der Waals surface area (Å²) in [5.41, 5.74) is 2.35. The van der Waals surface area contributed by atoms with E-state index in [4.69, 9.17) is 14.2 Å². The SMILES string of the molecule is COc1cc(C(=O)NCc2ccccc2OC2CCCC2)cc(OC)c1C. The quantitative estimate of drug-likeness (QED) is 0.792. The van der Waals surface area contributed by atoms with E-state index in [1.165, 1.54) is 12.8 Å². The lowest BCUT2D eigenvalue weighted by atomic mass is 10.1. The number of carbonyl (C=O) groups excluding carboxylic acids is 1. The van der Waals surface area contributed by atoms with Crippen molar-refractivity contribution < 1.29 is 19.0 Å². The molecule has 0 aromatic heterocycles. The van der Waals surface area contributed by atoms with Crippen LogP contribution in [0.3, 0.4) is 0 Å². The smallest absolute Gasteiger partial charge is 0.251 e. The average molecular weight is 369 g/mol. The molecule has 0 unspecified atom stereocenters. The second kappa shape index (κ2) is 8.80. The number of ether oxygens (including phenoxy) is 3. The fourth-order valence-corrected chi connectivity index (χ4v) is 3.45. The van der Waals surface area contributed by atoms with E-state index in [-0.39, 0.29) is 12.0 Å². The van der Waals surface area contributed by atoms with Gasteiger partial charge in [-0.3, -0.25) is 4.79 Å². The van der Waals surface area contributed by atoms with E-state index in [1.807, 2.05) is 31.2 Å². The van der Waals surface area contributed by atoms with Crippen molar-refractivity contribution in [2.24, 2.45) is 0 Å². The summed E-state index contributed by atoms with van der Waals surface area (Å²) in [6.45, 7) is 2.30. The van der Waals surface area contributed by atoms with Crippen molar-refractivity contribution in [1.29, 1.82) is 0 Å². The van der Waals surface area contributed by atoms with E-state index in [2.05, 4.69) is 5.32 Å². The molecule has 0 heterocycles. The highest BCUT2D eigenvalue weighted by atomic mass is 16.5. The molecule has 0 bridgehead atoms. The van der Waals surface area contributed by atoms with Crippen LogP contribution in [-0.4, -0.2) is 26.2 Å². The minimum Gasteiger partial charge on any atom is -0.496 e. The van der Waals surface area contributed by atoms with Crippen molar-refractivity contribution in [2.75, 3.05) is 14.2 Å². The van der Waals surface area contributed by atoms with Crippen molar-refractivity contribution >= 4 is 5.91 Å². The molecule has 0 atom stereocenters. The average Bonchev–Trinajstić information content (AvgIpc) is 3.20. The first kappa shape index (κ1) is 19.1. The summed E-state index contributed by atoms with van der Waals surface area (Å²) >= 11 is 0. The summed E-state index contributed by atoms with van der Waals surface area (Å²) in [4.78, 5) is 12.7. The van der Waals surface area contributed by atoms with E-state index in [0.29, 0.717) is 23.6 Å². The Balaban J connectivity index is 1.71. The van der Waals surface area contributed by atoms with Gasteiger partial charge < -0.3 is 19.5 Å². The van der Waals surface area contributed by atoms with Crippen molar-refractivity contribution in [3.63, 3.8) is 0 Å². The van der Waals surface area contributed by atoms with Gasteiger partial charge in [-0.05, 0) is 50.8 Å². The predicted molar refractivity (Wildman–Crippen MR) is 105 cm³/mol. The van der Waals surface area contributed by atoms with Crippen LogP contribution >= 0.6 is 0 Å². The molecule has 5 heteroatoms. The minimum absolute atomic E-state index is 0.178. The van der Waals surface area contributed by atoms with Gasteiger partial charge in [-0.25, -0.2) is 0 Å². The lowest BCUT2D eigenvalue weighted by Gasteiger charge is -2.17. The highest BCUT2D eigenvalue weighted by Gasteiger charge is 2.18. The molecule has 0 radical (unpaired) electrons. The van der Waals surface area contributed by atoms with E-state index in [0.717, 1.165) is 29.7 Å². The molecular weight excluding hydrogens is 342 g/mol. The summed E-state index contributed by atoms with van der Waals surface area (Å²) in [5.74, 6) is 1.93. The predicted octanol–water partition coefficient (Wildman–Crippen LogP) is 4.26. The first-order chi connectivity index (χ1) is 13.1. The number of nitrogens with one attached hydrogen (secondary N) is 1. The lowest BCUT2D eigenvalue weighted by Crippen LogP contribution is -2.24. The maximum Gasteiger partial charge on any atom is 0.251 e. The third-order valence-corrected chi connectivity index (χ3v) is 5.02. The Morgan fingerprint density at radius 1 is 1.04 bits per heavy atom. The van der Waals surface area contributed by atoms with Crippen LogP contribution in [0.5, 0.6) is 17.2 Å². The summed E-state index contributed by atoms with van der Waals surface area (Å²) in [7, 11) is 3.17. The fourth-order valence-electron chi connectivity index (χ4n) is 3.45. The molecule has 0 spiro atoms. The number of benzene rings is 2. The van der Waals surface area contributed by atoms with Crippen LogP contribution in [0.15, 0.2) is 36.4 Å². The Bertz CT molecular complexity index is 772. The number of para-hydroxylation sites is 1. The molecule has 3 rings (SSSR count). The maximum absolute atomic E-state index is 12.7. The number of hydrogen-bond acceptors (Lipinski definition) is 4. The summed E-state index contributed by atoms with van der Waals surface area (Å²) in [6.07, 6.45) is 4.93. The molecule has 27 heavy (non-hydrogen) atoms. The monoisotopic (exact) mass is 369 g/mol. The molecule has 1 aliphatic carbocycles. The van der Waals surface area contributed by atoms with Gasteiger partial charge in [0.1, 0.15) is 17.2 Å². The molecule has 144 valence electrons. The molecule has 2 aromatic rings. The van der Waals surface area contributed by atoms with Crippen LogP contribution < -0.4 is 19.5 Å². The standard InChI is InChI=1S/C22H27NO4/c1-15-20(25-2)12-17(13-21(15)26-3)22(24)23-14-16-8-4-7-11-19(16)27-18-9-5-6-10-18/h4,7-8,11-13,18H,5-6,9-10,14H2,1-3H3,(H,23,24). The molecule has 1 saturated carbocycles. The molecule has 2 aromatic carbocycles. The van der Waals surface area contributed by atoms with Gasteiger partial charge in [-0.1, -0.05) is 18.2 Å². The Hall–Kier alpha value is -2.69. The number of methoxy groups -OCH3 is 2. The second-order valence-corrected chi connectivity index (χ2v) is 6.82. The Morgan fingerprint density at radius 2 is 1.67 bits per heavy atom. The van der Waals surface area contributed by atoms with Gasteiger partial charge in [0.05, 0.1) is 20.3 Å². The third-order valence-electron chi connectivity index (χ3n) is 5.02. The van der Waals surface area contributed by atoms with Crippen molar-refractivity contribution in [3.05, 3.63) is 53.1 Å². The van der Waals surface area contributed by atoms with Crippen LogP contribution in [0, 0.1) is 6.92 Å². The minimum atomic E-state index is -0.178. The molecule has 1 fully saturated rings. The Labute approximate surface area is 160 Å². The highest BCUT2D eigenvalue weighted by Crippen LogP contribution is 2.30. The van der Waals surface area contributed by atoms with E-state index >= 15 is 0 Å². The van der Waals surface area contributed by atoms with Gasteiger partial charge in [0.25, 0.3) is 5.91 Å². The van der Waals surface area contributed by atoms with Crippen LogP contribution in [0.2, 0.25) is 0 Å². The Morgan fingerprint density at radius 3 is 2.30 bits per heavy atom. The van der Waals surface area contributed by atoms with Gasteiger partial charge in [-0.2, -0.15) is 0 Å². The molecule has 0 aliphatic heterocycles. The number of hydrogen-bond donors (Lipinski definition) is 1. The number of rotatable bonds is 7. The maximum atomic E-state index is 12.7. The van der Waals surface area contributed by atoms with Crippen LogP contribution in [0.25, 0.3) is 0 Å². The molecule has 1 amide bonds. The zero-order valence-corrected chi connectivity index (χ0v) is 16.2. The van der Waals surface area contributed by atoms with E-state index in [9.17, 15) is 4.79 Å². The second-order valence-electron chi connectivity index (χ2n) is 6.82. The zero-order valence-electron chi connectivity index (χ0n) is 16.2. The summed E-state index contributed by atoms with van der Waals surface area (Å²) in [6, 6.07) is 11.3. The molecule has 1 N–H and O–H groups in total. The Kier molecular flexibility index (Phi) is 6.22. The van der Waals surface area contributed by atoms with Crippen LogP contribution in [-0.2, 0) is 6.54 Å². The van der Waals surface area contributed by atoms with Gasteiger partial charge in [0, 0.05) is 23.2 Å². The van der Waals surface area contributed by atoms with Crippen molar-refractivity contribution in [1.82, 2.24) is 5.32 Å². The third kappa shape index (κ3) is 4.54. The van der Waals surface area contributed by atoms with Crippen LogP contribution in [0.4, 0.5) is 0 Å². The molecule has 0 saturated heterocycles. The highest BCUT2D eigenvalue weighted by molar-refractivity contribution is 5.95. The molecule has 5 nitrogen and oxygen atoms in total. The van der Waals surface area contributed by atoms with Gasteiger partial charge in [0.15, 0.2) is 0 Å². The normalized spacial score (nSPS) is 14.0. The number of carbonyl (C=O) groups is 1. The van der Waals surface area contributed by atoms with E-state index < -0.39 is 0 Å². The lowest BCUT2D eigenvalue weighted by molar-refractivity contribution is 0.0949. The molecular formula is C22H27NO4. The summed E-state index contributed by atoms with van der Waals surface area (Å²) < 4.78 is 16.9. The summed E-state index contributed by atoms with van der Waals surface area (Å²) in [5, 5.41) is 2.97. The van der Waals surface area contributed by atoms with E-state index in [1.54, 1.807) is 26.4 Å². The molecule has 1 aliphatic rings. The van der Waals surface area contributed by atoms with Crippen LogP contribution in [0.1, 0.15) is 47.2 Å². The van der Waals surface area contributed by atoms with Crippen molar-refractivity contribution in [3.8, 4) is 17.2 Å². The topological polar surface area (TPSA) is 56.8 Å². The van der Waals surface area contributed by atoms with Crippen molar-refractivity contribution in [2.45, 2.75) is 45.3 Å². The first-order valence-electron chi connectivity index (χ1n) is 9.37. The fraction of sp³-hybridized carbons (Fsp3) is 0.409. The van der Waals surface area contributed by atoms with Gasteiger partial charge in [0.2, 0.25) is 0 Å². The zero-order chi connectivity index (χ0) is 19.2. The van der Waals surface area contributed by atoms with Gasteiger partial charge in [-0.15, -0.1) is 0 Å².